The highest BCUT2D eigenvalue weighted by molar-refractivity contribution is 5.69. The fraction of sp³-hybridized carbons (Fsp3) is 0.909. The normalized spacial score (nSPS) is 18.6. The van der Waals surface area contributed by atoms with E-state index in [2.05, 4.69) is 14.5 Å². The molecule has 0 bridgehead atoms. The van der Waals surface area contributed by atoms with Crippen molar-refractivity contribution in [2.75, 3.05) is 53.0 Å². The summed E-state index contributed by atoms with van der Waals surface area (Å²) in [5.74, 6) is -0.126. The Bertz CT molecular complexity index is 203. The van der Waals surface area contributed by atoms with Crippen LogP contribution in [0.2, 0.25) is 0 Å². The molecule has 0 spiro atoms. The Morgan fingerprint density at radius 2 is 1.75 bits per heavy atom. The molecule has 0 aromatic carbocycles. The first-order valence-corrected chi connectivity index (χ1v) is 5.88. The van der Waals surface area contributed by atoms with Gasteiger partial charge in [-0.05, 0) is 13.0 Å². The summed E-state index contributed by atoms with van der Waals surface area (Å²) >= 11 is 0. The predicted molar refractivity (Wildman–Crippen MR) is 61.2 cm³/mol. The van der Waals surface area contributed by atoms with Gasteiger partial charge in [-0.2, -0.15) is 0 Å². The molecule has 1 rings (SSSR count). The van der Waals surface area contributed by atoms with Crippen molar-refractivity contribution in [3.63, 3.8) is 0 Å². The molecule has 0 aromatic heterocycles. The van der Waals surface area contributed by atoms with E-state index in [1.807, 2.05) is 0 Å². The lowest BCUT2D eigenvalue weighted by Crippen LogP contribution is -2.47. The molecule has 0 unspecified atom stereocenters. The Labute approximate surface area is 97.0 Å². The number of esters is 1. The Morgan fingerprint density at radius 3 is 2.25 bits per heavy atom. The van der Waals surface area contributed by atoms with E-state index in [0.29, 0.717) is 6.42 Å². The lowest BCUT2D eigenvalue weighted by Gasteiger charge is -2.34. The molecule has 5 heteroatoms. The van der Waals surface area contributed by atoms with Gasteiger partial charge in [-0.25, -0.2) is 0 Å². The zero-order valence-corrected chi connectivity index (χ0v) is 10.0. The molecule has 1 saturated heterocycles. The molecule has 5 nitrogen and oxygen atoms in total. The summed E-state index contributed by atoms with van der Waals surface area (Å²) in [4.78, 5) is 15.5. The molecule has 16 heavy (non-hydrogen) atoms. The van der Waals surface area contributed by atoms with Crippen molar-refractivity contribution < 1.29 is 14.6 Å². The fourth-order valence-electron chi connectivity index (χ4n) is 1.93. The Balaban J connectivity index is 2.06. The number of carbonyl (C=O) groups excluding carboxylic acids is 1. The van der Waals surface area contributed by atoms with Crippen molar-refractivity contribution in [1.82, 2.24) is 9.80 Å². The van der Waals surface area contributed by atoms with E-state index < -0.39 is 0 Å². The molecule has 0 radical (unpaired) electrons. The van der Waals surface area contributed by atoms with Gasteiger partial charge in [0, 0.05) is 39.1 Å². The third-order valence-electron chi connectivity index (χ3n) is 2.96. The molecular weight excluding hydrogens is 208 g/mol. The molecule has 1 heterocycles. The SMILES string of the molecule is COC(=O)CCCN1CCN(CCO)CC1. The van der Waals surface area contributed by atoms with Gasteiger partial charge >= 0.3 is 5.97 Å². The summed E-state index contributed by atoms with van der Waals surface area (Å²) in [5, 5.41) is 8.81. The number of aliphatic hydroxyl groups is 1. The topological polar surface area (TPSA) is 53.0 Å². The maximum atomic E-state index is 10.9. The van der Waals surface area contributed by atoms with Gasteiger partial charge < -0.3 is 14.7 Å². The Morgan fingerprint density at radius 1 is 1.19 bits per heavy atom. The van der Waals surface area contributed by atoms with Crippen molar-refractivity contribution in [2.24, 2.45) is 0 Å². The standard InChI is InChI=1S/C11H22N2O3/c1-16-11(15)3-2-4-12-5-7-13(8-6-12)9-10-14/h14H,2-10H2,1H3. The minimum atomic E-state index is -0.126. The van der Waals surface area contributed by atoms with Crippen molar-refractivity contribution in [3.05, 3.63) is 0 Å². The van der Waals surface area contributed by atoms with Crippen LogP contribution in [0, 0.1) is 0 Å². The smallest absolute Gasteiger partial charge is 0.305 e. The number of hydrogen-bond acceptors (Lipinski definition) is 5. The molecule has 0 amide bonds. The van der Waals surface area contributed by atoms with E-state index in [1.54, 1.807) is 0 Å². The van der Waals surface area contributed by atoms with Gasteiger partial charge in [-0.3, -0.25) is 9.69 Å². The molecule has 0 aliphatic carbocycles. The molecule has 1 N–H and O–H groups in total. The number of hydrogen-bond donors (Lipinski definition) is 1. The third kappa shape index (κ3) is 4.92. The minimum Gasteiger partial charge on any atom is -0.469 e. The first-order chi connectivity index (χ1) is 7.76. The number of carbonyl (C=O) groups is 1. The summed E-state index contributed by atoms with van der Waals surface area (Å²) in [5.41, 5.74) is 0. The van der Waals surface area contributed by atoms with Gasteiger partial charge in [-0.15, -0.1) is 0 Å². The second-order valence-electron chi connectivity index (χ2n) is 4.09. The Hall–Kier alpha value is -0.650. The fourth-order valence-corrected chi connectivity index (χ4v) is 1.93. The van der Waals surface area contributed by atoms with Crippen LogP contribution in [0.4, 0.5) is 0 Å². The summed E-state index contributed by atoms with van der Waals surface area (Å²) in [6.07, 6.45) is 1.38. The quantitative estimate of drug-likeness (QED) is 0.626. The summed E-state index contributed by atoms with van der Waals surface area (Å²) in [6, 6.07) is 0. The van der Waals surface area contributed by atoms with E-state index in [1.165, 1.54) is 7.11 Å². The molecule has 1 aliphatic heterocycles. The highest BCUT2D eigenvalue weighted by Gasteiger charge is 2.15. The molecule has 0 aromatic rings. The number of methoxy groups -OCH3 is 1. The average Bonchev–Trinajstić information content (AvgIpc) is 2.31. The van der Waals surface area contributed by atoms with Crippen molar-refractivity contribution in [2.45, 2.75) is 12.8 Å². The molecule has 94 valence electrons. The van der Waals surface area contributed by atoms with Crippen LogP contribution in [-0.4, -0.2) is 73.9 Å². The van der Waals surface area contributed by atoms with Crippen LogP contribution >= 0.6 is 0 Å². The van der Waals surface area contributed by atoms with Crippen LogP contribution in [0.15, 0.2) is 0 Å². The van der Waals surface area contributed by atoms with Gasteiger partial charge in [0.25, 0.3) is 0 Å². The first kappa shape index (κ1) is 13.4. The van der Waals surface area contributed by atoms with Gasteiger partial charge in [0.2, 0.25) is 0 Å². The van der Waals surface area contributed by atoms with Crippen LogP contribution in [0.3, 0.4) is 0 Å². The molecule has 0 saturated carbocycles. The maximum Gasteiger partial charge on any atom is 0.305 e. The number of ether oxygens (including phenoxy) is 1. The Kier molecular flexibility index (Phi) is 6.37. The number of rotatable bonds is 6. The minimum absolute atomic E-state index is 0.126. The molecule has 1 aliphatic rings. The lowest BCUT2D eigenvalue weighted by atomic mass is 10.2. The van der Waals surface area contributed by atoms with Crippen LogP contribution in [-0.2, 0) is 9.53 Å². The van der Waals surface area contributed by atoms with Crippen LogP contribution < -0.4 is 0 Å². The summed E-state index contributed by atoms with van der Waals surface area (Å²) < 4.78 is 4.60. The predicted octanol–water partition coefficient (Wildman–Crippen LogP) is -0.450. The van der Waals surface area contributed by atoms with Crippen LogP contribution in [0.1, 0.15) is 12.8 Å². The third-order valence-corrected chi connectivity index (χ3v) is 2.96. The van der Waals surface area contributed by atoms with Crippen LogP contribution in [0.5, 0.6) is 0 Å². The summed E-state index contributed by atoms with van der Waals surface area (Å²) in [7, 11) is 1.43. The second kappa shape index (κ2) is 7.60. The van der Waals surface area contributed by atoms with Crippen molar-refractivity contribution in [1.29, 1.82) is 0 Å². The number of nitrogens with zero attached hydrogens (tertiary/aromatic N) is 2. The summed E-state index contributed by atoms with van der Waals surface area (Å²) in [6.45, 7) is 6.06. The van der Waals surface area contributed by atoms with Crippen LogP contribution in [0.25, 0.3) is 0 Å². The number of β-amino-alcohol motifs (C(OH)–C–C–N with tert-alkyl or cyclic N) is 1. The molecular formula is C11H22N2O3. The van der Waals surface area contributed by atoms with E-state index >= 15 is 0 Å². The van der Waals surface area contributed by atoms with Crippen molar-refractivity contribution >= 4 is 5.97 Å². The largest absolute Gasteiger partial charge is 0.469 e. The maximum absolute atomic E-state index is 10.9. The van der Waals surface area contributed by atoms with E-state index in [-0.39, 0.29) is 12.6 Å². The molecule has 1 fully saturated rings. The highest BCUT2D eigenvalue weighted by Crippen LogP contribution is 2.03. The van der Waals surface area contributed by atoms with Gasteiger partial charge in [-0.1, -0.05) is 0 Å². The van der Waals surface area contributed by atoms with Gasteiger partial charge in [0.15, 0.2) is 0 Å². The molecule has 0 atom stereocenters. The number of piperazine rings is 1. The van der Waals surface area contributed by atoms with Gasteiger partial charge in [0.05, 0.1) is 13.7 Å². The van der Waals surface area contributed by atoms with E-state index in [0.717, 1.165) is 45.7 Å². The second-order valence-corrected chi connectivity index (χ2v) is 4.09. The monoisotopic (exact) mass is 230 g/mol. The zero-order chi connectivity index (χ0) is 11.8. The zero-order valence-electron chi connectivity index (χ0n) is 10.0. The van der Waals surface area contributed by atoms with Crippen molar-refractivity contribution in [3.8, 4) is 0 Å². The van der Waals surface area contributed by atoms with E-state index in [9.17, 15) is 4.79 Å². The van der Waals surface area contributed by atoms with Gasteiger partial charge in [0.1, 0.15) is 0 Å². The average molecular weight is 230 g/mol. The lowest BCUT2D eigenvalue weighted by molar-refractivity contribution is -0.140. The van der Waals surface area contributed by atoms with E-state index in [4.69, 9.17) is 5.11 Å². The number of aliphatic hydroxyl groups excluding tert-OH is 1. The highest BCUT2D eigenvalue weighted by atomic mass is 16.5. The first-order valence-electron chi connectivity index (χ1n) is 5.88.